The number of likely N-dealkylation sites (N-methyl/N-ethyl adjacent to an activating group) is 1. The summed E-state index contributed by atoms with van der Waals surface area (Å²) < 4.78 is 0. The van der Waals surface area contributed by atoms with Crippen LogP contribution < -0.4 is 10.2 Å². The molecular weight excluding hydrogens is 322 g/mol. The Morgan fingerprint density at radius 3 is 2.79 bits per heavy atom. The molecular formula is C18H28N3O2S+. The van der Waals surface area contributed by atoms with Gasteiger partial charge in [0.1, 0.15) is 0 Å². The maximum absolute atomic E-state index is 12.4. The van der Waals surface area contributed by atoms with Crippen molar-refractivity contribution in [3.05, 3.63) is 24.3 Å². The van der Waals surface area contributed by atoms with Gasteiger partial charge in [0, 0.05) is 18.0 Å². The van der Waals surface area contributed by atoms with E-state index in [-0.39, 0.29) is 18.4 Å². The summed E-state index contributed by atoms with van der Waals surface area (Å²) in [6.45, 7) is 4.54. The molecule has 5 nitrogen and oxygen atoms in total. The van der Waals surface area contributed by atoms with Gasteiger partial charge in [-0.05, 0) is 37.1 Å². The van der Waals surface area contributed by atoms with Gasteiger partial charge in [-0.2, -0.15) is 0 Å². The van der Waals surface area contributed by atoms with E-state index >= 15 is 0 Å². The van der Waals surface area contributed by atoms with Gasteiger partial charge < -0.3 is 15.1 Å². The number of nitrogens with zero attached hydrogens (tertiary/aromatic N) is 1. The number of piperidine rings is 1. The molecule has 24 heavy (non-hydrogen) atoms. The van der Waals surface area contributed by atoms with Crippen LogP contribution in [0.15, 0.2) is 29.2 Å². The highest BCUT2D eigenvalue weighted by molar-refractivity contribution is 7.98. The maximum atomic E-state index is 12.4. The van der Waals surface area contributed by atoms with E-state index in [9.17, 15) is 9.59 Å². The van der Waals surface area contributed by atoms with Crippen molar-refractivity contribution in [1.29, 1.82) is 0 Å². The van der Waals surface area contributed by atoms with Crippen LogP contribution in [0.2, 0.25) is 0 Å². The fourth-order valence-electron chi connectivity index (χ4n) is 3.06. The van der Waals surface area contributed by atoms with Crippen molar-refractivity contribution in [1.82, 2.24) is 4.90 Å². The molecule has 2 amide bonds. The van der Waals surface area contributed by atoms with E-state index in [1.54, 1.807) is 11.8 Å². The summed E-state index contributed by atoms with van der Waals surface area (Å²) in [4.78, 5) is 28.5. The number of benzene rings is 1. The van der Waals surface area contributed by atoms with Crippen molar-refractivity contribution in [2.24, 2.45) is 5.92 Å². The number of rotatable bonds is 6. The molecule has 1 aliphatic rings. The Bertz CT molecular complexity index is 579. The first-order valence-electron chi connectivity index (χ1n) is 8.51. The molecule has 1 aromatic carbocycles. The first-order valence-corrected chi connectivity index (χ1v) is 9.74. The second-order valence-corrected chi connectivity index (χ2v) is 7.49. The van der Waals surface area contributed by atoms with Gasteiger partial charge in [0.2, 0.25) is 0 Å². The smallest absolute Gasteiger partial charge is 0.279 e. The number of para-hydroxylation sites is 1. The number of hydrogen-bond donors (Lipinski definition) is 2. The number of amides is 2. The summed E-state index contributed by atoms with van der Waals surface area (Å²) in [5.41, 5.74) is 0.832. The fourth-order valence-corrected chi connectivity index (χ4v) is 3.62. The molecule has 0 bridgehead atoms. The number of thioether (sulfide) groups is 1. The van der Waals surface area contributed by atoms with Crippen LogP contribution in [0, 0.1) is 5.92 Å². The van der Waals surface area contributed by atoms with Gasteiger partial charge in [-0.3, -0.25) is 9.59 Å². The number of carbonyl (C=O) groups is 2. The average Bonchev–Trinajstić information content (AvgIpc) is 2.55. The predicted molar refractivity (Wildman–Crippen MR) is 98.5 cm³/mol. The van der Waals surface area contributed by atoms with Crippen LogP contribution in [0.5, 0.6) is 0 Å². The van der Waals surface area contributed by atoms with Crippen molar-refractivity contribution in [2.75, 3.05) is 44.8 Å². The van der Waals surface area contributed by atoms with Gasteiger partial charge in [0.05, 0.1) is 12.7 Å². The monoisotopic (exact) mass is 350 g/mol. The Labute approximate surface area is 148 Å². The lowest BCUT2D eigenvalue weighted by atomic mass is 10.0. The van der Waals surface area contributed by atoms with E-state index < -0.39 is 0 Å². The molecule has 6 heteroatoms. The van der Waals surface area contributed by atoms with Crippen LogP contribution in [-0.2, 0) is 9.59 Å². The van der Waals surface area contributed by atoms with Gasteiger partial charge in [-0.15, -0.1) is 11.8 Å². The second kappa shape index (κ2) is 9.08. The maximum Gasteiger partial charge on any atom is 0.279 e. The van der Waals surface area contributed by atoms with Crippen LogP contribution in [0.4, 0.5) is 5.69 Å². The van der Waals surface area contributed by atoms with E-state index in [2.05, 4.69) is 12.2 Å². The number of likely N-dealkylation sites (tertiary alicyclic amines) is 1. The van der Waals surface area contributed by atoms with Crippen LogP contribution >= 0.6 is 11.8 Å². The van der Waals surface area contributed by atoms with E-state index in [4.69, 9.17) is 0 Å². The molecule has 0 radical (unpaired) electrons. The zero-order chi connectivity index (χ0) is 17.5. The van der Waals surface area contributed by atoms with E-state index in [0.717, 1.165) is 35.0 Å². The normalized spacial score (nSPS) is 19.0. The van der Waals surface area contributed by atoms with E-state index in [1.165, 1.54) is 6.42 Å². The summed E-state index contributed by atoms with van der Waals surface area (Å²) in [6.07, 6.45) is 4.27. The van der Waals surface area contributed by atoms with E-state index in [1.807, 2.05) is 42.5 Å². The molecule has 1 aromatic rings. The molecule has 132 valence electrons. The SMILES string of the molecule is CSc1ccccc1NC(=O)C[NH+](C)CC(=O)N1CCC[C@H](C)C1. The minimum atomic E-state index is -0.0613. The van der Waals surface area contributed by atoms with Crippen LogP contribution in [0.25, 0.3) is 0 Å². The molecule has 0 saturated carbocycles. The van der Waals surface area contributed by atoms with Crippen molar-refractivity contribution in [3.8, 4) is 0 Å². The molecule has 2 rings (SSSR count). The summed E-state index contributed by atoms with van der Waals surface area (Å²) >= 11 is 1.60. The highest BCUT2D eigenvalue weighted by Gasteiger charge is 2.24. The number of carbonyl (C=O) groups excluding carboxylic acids is 2. The molecule has 1 aliphatic heterocycles. The summed E-state index contributed by atoms with van der Waals surface area (Å²) in [7, 11) is 1.89. The molecule has 1 unspecified atom stereocenters. The summed E-state index contributed by atoms with van der Waals surface area (Å²) in [5, 5.41) is 2.95. The topological polar surface area (TPSA) is 53.9 Å². The zero-order valence-corrected chi connectivity index (χ0v) is 15.6. The number of hydrogen-bond acceptors (Lipinski definition) is 3. The van der Waals surface area contributed by atoms with Gasteiger partial charge in [0.25, 0.3) is 11.8 Å². The zero-order valence-electron chi connectivity index (χ0n) is 14.8. The number of nitrogens with one attached hydrogen (secondary N) is 2. The van der Waals surface area contributed by atoms with Crippen LogP contribution in [-0.4, -0.2) is 56.2 Å². The van der Waals surface area contributed by atoms with Gasteiger partial charge in [0.15, 0.2) is 13.1 Å². The average molecular weight is 351 g/mol. The fraction of sp³-hybridized carbons (Fsp3) is 0.556. The van der Waals surface area contributed by atoms with Gasteiger partial charge >= 0.3 is 0 Å². The van der Waals surface area contributed by atoms with Crippen molar-refractivity contribution in [3.63, 3.8) is 0 Å². The van der Waals surface area contributed by atoms with Crippen LogP contribution in [0.3, 0.4) is 0 Å². The third-order valence-electron chi connectivity index (χ3n) is 4.31. The molecule has 0 aliphatic carbocycles. The number of quaternary nitrogens is 1. The highest BCUT2D eigenvalue weighted by Crippen LogP contribution is 2.24. The van der Waals surface area contributed by atoms with E-state index in [0.29, 0.717) is 12.5 Å². The Hall–Kier alpha value is -1.53. The first-order chi connectivity index (χ1) is 11.5. The minimum Gasteiger partial charge on any atom is -0.338 e. The Balaban J connectivity index is 1.82. The Morgan fingerprint density at radius 2 is 2.08 bits per heavy atom. The summed E-state index contributed by atoms with van der Waals surface area (Å²) in [6, 6.07) is 7.75. The molecule has 0 spiro atoms. The number of anilines is 1. The molecule has 2 N–H and O–H groups in total. The summed E-state index contributed by atoms with van der Waals surface area (Å²) in [5.74, 6) is 0.666. The van der Waals surface area contributed by atoms with Gasteiger partial charge in [-0.1, -0.05) is 19.1 Å². The highest BCUT2D eigenvalue weighted by atomic mass is 32.2. The molecule has 1 heterocycles. The van der Waals surface area contributed by atoms with Crippen LogP contribution in [0.1, 0.15) is 19.8 Å². The Kier molecular flexibility index (Phi) is 7.12. The van der Waals surface area contributed by atoms with Crippen molar-refractivity contribution in [2.45, 2.75) is 24.7 Å². The first kappa shape index (κ1) is 18.8. The second-order valence-electron chi connectivity index (χ2n) is 6.65. The predicted octanol–water partition coefficient (Wildman–Crippen LogP) is 1.12. The largest absolute Gasteiger partial charge is 0.338 e. The lowest BCUT2D eigenvalue weighted by molar-refractivity contribution is -0.862. The third-order valence-corrected chi connectivity index (χ3v) is 5.10. The quantitative estimate of drug-likeness (QED) is 0.756. The van der Waals surface area contributed by atoms with Crippen molar-refractivity contribution < 1.29 is 14.5 Å². The van der Waals surface area contributed by atoms with Crippen molar-refractivity contribution >= 4 is 29.3 Å². The minimum absolute atomic E-state index is 0.0613. The molecule has 1 saturated heterocycles. The lowest BCUT2D eigenvalue weighted by Gasteiger charge is -2.31. The lowest BCUT2D eigenvalue weighted by Crippen LogP contribution is -3.11. The standard InChI is InChI=1S/C18H27N3O2S/c1-14-7-6-10-21(11-14)18(23)13-20(2)12-17(22)19-15-8-4-5-9-16(15)24-3/h4-5,8-9,14H,6-7,10-13H2,1-3H3,(H,19,22)/p+1/t14-/m0/s1. The molecule has 2 atom stereocenters. The van der Waals surface area contributed by atoms with Gasteiger partial charge in [-0.25, -0.2) is 0 Å². The Morgan fingerprint density at radius 1 is 1.33 bits per heavy atom. The molecule has 1 fully saturated rings. The molecule has 0 aromatic heterocycles. The third kappa shape index (κ3) is 5.53.